The Morgan fingerprint density at radius 3 is 2.34 bits per heavy atom. The van der Waals surface area contributed by atoms with Crippen LogP contribution in [0.4, 0.5) is 5.82 Å². The Hall–Kier alpha value is -3.21. The van der Waals surface area contributed by atoms with Crippen molar-refractivity contribution in [3.8, 4) is 11.3 Å². The van der Waals surface area contributed by atoms with Gasteiger partial charge in [0.2, 0.25) is 5.91 Å². The van der Waals surface area contributed by atoms with Crippen molar-refractivity contribution in [2.24, 2.45) is 5.92 Å². The van der Waals surface area contributed by atoms with Crippen molar-refractivity contribution < 1.29 is 4.79 Å². The lowest BCUT2D eigenvalue weighted by Crippen LogP contribution is -2.40. The number of aryl methyl sites for hydroxylation is 1. The highest BCUT2D eigenvalue weighted by Crippen LogP contribution is 2.23. The Balaban J connectivity index is 1.28. The molecule has 0 spiro atoms. The van der Waals surface area contributed by atoms with Crippen molar-refractivity contribution in [1.82, 2.24) is 15.5 Å². The quantitative estimate of drug-likeness (QED) is 0.720. The van der Waals surface area contributed by atoms with E-state index in [1.54, 1.807) is 0 Å². The van der Waals surface area contributed by atoms with Gasteiger partial charge in [-0.05, 0) is 37.5 Å². The van der Waals surface area contributed by atoms with Crippen LogP contribution in [0.3, 0.4) is 0 Å². The van der Waals surface area contributed by atoms with Crippen LogP contribution in [0.2, 0.25) is 0 Å². The van der Waals surface area contributed by atoms with Crippen LogP contribution in [0.15, 0.2) is 66.7 Å². The number of hydrogen-bond donors (Lipinski definition) is 1. The molecule has 1 saturated heterocycles. The number of hydrogen-bond acceptors (Lipinski definition) is 4. The van der Waals surface area contributed by atoms with Crippen LogP contribution in [-0.2, 0) is 11.3 Å². The number of carbonyl (C=O) groups excluding carboxylic acids is 1. The van der Waals surface area contributed by atoms with Gasteiger partial charge >= 0.3 is 0 Å². The van der Waals surface area contributed by atoms with Gasteiger partial charge in [0.1, 0.15) is 0 Å². The van der Waals surface area contributed by atoms with Gasteiger partial charge in [0, 0.05) is 31.1 Å². The molecule has 148 valence electrons. The maximum atomic E-state index is 12.5. The first-order valence-electron chi connectivity index (χ1n) is 10.2. The second kappa shape index (κ2) is 8.86. The molecule has 1 aliphatic rings. The highest BCUT2D eigenvalue weighted by atomic mass is 16.1. The number of anilines is 1. The lowest BCUT2D eigenvalue weighted by atomic mass is 9.95. The highest BCUT2D eigenvalue weighted by molar-refractivity contribution is 5.79. The molecular formula is C24H26N4O. The number of amides is 1. The summed E-state index contributed by atoms with van der Waals surface area (Å²) in [5.41, 5.74) is 4.30. The van der Waals surface area contributed by atoms with Gasteiger partial charge in [-0.15, -0.1) is 10.2 Å². The molecule has 4 rings (SSSR count). The molecule has 3 aromatic rings. The Bertz CT molecular complexity index is 931. The number of nitrogens with zero attached hydrogens (tertiary/aromatic N) is 3. The van der Waals surface area contributed by atoms with E-state index in [4.69, 9.17) is 0 Å². The fourth-order valence-electron chi connectivity index (χ4n) is 3.67. The van der Waals surface area contributed by atoms with Crippen LogP contribution < -0.4 is 10.2 Å². The molecule has 0 saturated carbocycles. The highest BCUT2D eigenvalue weighted by Gasteiger charge is 2.25. The molecule has 0 aliphatic carbocycles. The second-order valence-electron chi connectivity index (χ2n) is 7.61. The van der Waals surface area contributed by atoms with E-state index >= 15 is 0 Å². The third-order valence-electron chi connectivity index (χ3n) is 5.50. The molecule has 1 aliphatic heterocycles. The molecule has 1 fully saturated rings. The molecule has 2 aromatic carbocycles. The second-order valence-corrected chi connectivity index (χ2v) is 7.61. The minimum Gasteiger partial charge on any atom is -0.355 e. The van der Waals surface area contributed by atoms with Crippen molar-refractivity contribution in [3.63, 3.8) is 0 Å². The largest absolute Gasteiger partial charge is 0.355 e. The number of benzene rings is 2. The summed E-state index contributed by atoms with van der Waals surface area (Å²) < 4.78 is 0. The number of nitrogens with one attached hydrogen (secondary N) is 1. The Morgan fingerprint density at radius 1 is 0.966 bits per heavy atom. The van der Waals surface area contributed by atoms with E-state index < -0.39 is 0 Å². The molecule has 1 N–H and O–H groups in total. The first kappa shape index (κ1) is 19.1. The van der Waals surface area contributed by atoms with Gasteiger partial charge in [-0.2, -0.15) is 0 Å². The van der Waals surface area contributed by atoms with Crippen molar-refractivity contribution in [1.29, 1.82) is 0 Å². The van der Waals surface area contributed by atoms with Crippen molar-refractivity contribution in [2.75, 3.05) is 18.0 Å². The molecule has 0 atom stereocenters. The summed E-state index contributed by atoms with van der Waals surface area (Å²) in [7, 11) is 0. The molecular weight excluding hydrogens is 360 g/mol. The topological polar surface area (TPSA) is 58.1 Å². The number of aromatic nitrogens is 2. The SMILES string of the molecule is Cc1ccc(CNC(=O)C2CCN(c3ccc(-c4ccccc4)nn3)CC2)cc1. The third-order valence-corrected chi connectivity index (χ3v) is 5.50. The summed E-state index contributed by atoms with van der Waals surface area (Å²) >= 11 is 0. The van der Waals surface area contributed by atoms with Gasteiger partial charge in [-0.1, -0.05) is 60.2 Å². The van der Waals surface area contributed by atoms with Crippen molar-refractivity contribution in [2.45, 2.75) is 26.3 Å². The normalized spacial score (nSPS) is 14.6. The van der Waals surface area contributed by atoms with Gasteiger partial charge in [0.05, 0.1) is 5.69 Å². The van der Waals surface area contributed by atoms with E-state index in [9.17, 15) is 4.79 Å². The Labute approximate surface area is 171 Å². The van der Waals surface area contributed by atoms with E-state index in [0.29, 0.717) is 6.54 Å². The minimum absolute atomic E-state index is 0.0632. The summed E-state index contributed by atoms with van der Waals surface area (Å²) in [6.07, 6.45) is 1.67. The summed E-state index contributed by atoms with van der Waals surface area (Å²) in [6.45, 7) is 4.30. The van der Waals surface area contributed by atoms with E-state index in [2.05, 4.69) is 51.6 Å². The van der Waals surface area contributed by atoms with Gasteiger partial charge in [-0.25, -0.2) is 0 Å². The number of carbonyl (C=O) groups is 1. The van der Waals surface area contributed by atoms with Gasteiger partial charge < -0.3 is 10.2 Å². The summed E-state index contributed by atoms with van der Waals surface area (Å²) in [6, 6.07) is 22.4. The summed E-state index contributed by atoms with van der Waals surface area (Å²) in [4.78, 5) is 14.7. The standard InChI is InChI=1S/C24H26N4O/c1-18-7-9-19(10-8-18)17-25-24(29)21-13-15-28(16-14-21)23-12-11-22(26-27-23)20-5-3-2-4-6-20/h2-12,21H,13-17H2,1H3,(H,25,29). The fraction of sp³-hybridized carbons (Fsp3) is 0.292. The molecule has 5 heteroatoms. The molecule has 2 heterocycles. The van der Waals surface area contributed by atoms with Gasteiger partial charge in [0.15, 0.2) is 5.82 Å². The van der Waals surface area contributed by atoms with Crippen molar-refractivity contribution in [3.05, 3.63) is 77.9 Å². The Morgan fingerprint density at radius 2 is 1.69 bits per heavy atom. The van der Waals surface area contributed by atoms with Gasteiger partial charge in [0.25, 0.3) is 0 Å². The molecule has 0 bridgehead atoms. The summed E-state index contributed by atoms with van der Waals surface area (Å²) in [5.74, 6) is 1.09. The molecule has 29 heavy (non-hydrogen) atoms. The third kappa shape index (κ3) is 4.80. The van der Waals surface area contributed by atoms with E-state index in [-0.39, 0.29) is 11.8 Å². The first-order chi connectivity index (χ1) is 14.2. The lowest BCUT2D eigenvalue weighted by molar-refractivity contribution is -0.125. The van der Waals surface area contributed by atoms with Crippen LogP contribution in [0, 0.1) is 12.8 Å². The molecule has 0 radical (unpaired) electrons. The zero-order valence-electron chi connectivity index (χ0n) is 16.7. The first-order valence-corrected chi connectivity index (χ1v) is 10.2. The Kier molecular flexibility index (Phi) is 5.84. The predicted molar refractivity (Wildman–Crippen MR) is 115 cm³/mol. The van der Waals surface area contributed by atoms with Crippen LogP contribution in [0.25, 0.3) is 11.3 Å². The average molecular weight is 386 g/mol. The fourth-order valence-corrected chi connectivity index (χ4v) is 3.67. The zero-order chi connectivity index (χ0) is 20.1. The molecule has 0 unspecified atom stereocenters. The zero-order valence-corrected chi connectivity index (χ0v) is 16.7. The van der Waals surface area contributed by atoms with Crippen LogP contribution >= 0.6 is 0 Å². The average Bonchev–Trinajstić information content (AvgIpc) is 2.79. The van der Waals surface area contributed by atoms with Crippen molar-refractivity contribution >= 4 is 11.7 Å². The smallest absolute Gasteiger partial charge is 0.223 e. The number of rotatable bonds is 5. The molecule has 1 amide bonds. The van der Waals surface area contributed by atoms with E-state index in [0.717, 1.165) is 48.6 Å². The van der Waals surface area contributed by atoms with Crippen LogP contribution in [-0.4, -0.2) is 29.2 Å². The maximum Gasteiger partial charge on any atom is 0.223 e. The number of piperidine rings is 1. The van der Waals surface area contributed by atoms with Crippen LogP contribution in [0.1, 0.15) is 24.0 Å². The van der Waals surface area contributed by atoms with Gasteiger partial charge in [-0.3, -0.25) is 4.79 Å². The molecule has 1 aromatic heterocycles. The molecule has 5 nitrogen and oxygen atoms in total. The lowest BCUT2D eigenvalue weighted by Gasteiger charge is -2.31. The maximum absolute atomic E-state index is 12.5. The summed E-state index contributed by atoms with van der Waals surface area (Å²) in [5, 5.41) is 11.9. The van der Waals surface area contributed by atoms with E-state index in [1.807, 2.05) is 42.5 Å². The van der Waals surface area contributed by atoms with E-state index in [1.165, 1.54) is 5.56 Å². The monoisotopic (exact) mass is 386 g/mol. The minimum atomic E-state index is 0.0632. The van der Waals surface area contributed by atoms with Crippen LogP contribution in [0.5, 0.6) is 0 Å². The predicted octanol–water partition coefficient (Wildman–Crippen LogP) is 3.98.